The molecule has 0 spiro atoms. The first-order valence-electron chi connectivity index (χ1n) is 21.0. The molecule has 0 fully saturated rings. The first-order valence-corrected chi connectivity index (χ1v) is 25.1. The van der Waals surface area contributed by atoms with E-state index in [1.165, 1.54) is 51.7 Å². The van der Waals surface area contributed by atoms with Gasteiger partial charge in [0.05, 0.1) is 64.7 Å². The van der Waals surface area contributed by atoms with E-state index in [-0.39, 0.29) is 0 Å². The summed E-state index contributed by atoms with van der Waals surface area (Å²) >= 11 is 7.33. The van der Waals surface area contributed by atoms with Gasteiger partial charge in [-0.15, -0.1) is 43.1 Å². The average molecular weight is 1080 g/mol. The lowest BCUT2D eigenvalue weighted by molar-refractivity contribution is 0.881. The van der Waals surface area contributed by atoms with Crippen LogP contribution in [0, 0.1) is 83.1 Å². The van der Waals surface area contributed by atoms with Crippen molar-refractivity contribution in [1.29, 1.82) is 0 Å². The van der Waals surface area contributed by atoms with E-state index >= 15 is 0 Å². The van der Waals surface area contributed by atoms with Crippen molar-refractivity contribution in [3.05, 3.63) is 175 Å². The maximum absolute atomic E-state index is 3.94. The Bertz CT molecular complexity index is 2030. The molecule has 12 aromatic heterocycles. The lowest BCUT2D eigenvalue weighted by Crippen LogP contribution is -1.69. The standard InChI is InChI=1S/C5H7N.3C4H6N2.2C4H5NS.2C3H5N3.3C3H4N2S.C2H4N4/c1-5-3-2-4-6-5;1-4-2-5-3-6-4;1-4-5-2-3-6-4;1-4-2-3-5-6-4;1-4-2-6-3-5-4;1-4-2-5-3-6-4;1-3-4-2-5-6-3;1-3-2-4-6-5-3;1-3-2-6-5-4-3;1-3-2-4-5-6-3;1-3-2-4-6-5-3;1-2-3-5-6-4-2/h2-4,6H,1H3;3*2-3H,1H3,(H,5,6);2*2-3H,1H3;2*2H,1H3,(H,4,5,6);3*2H,1H3;1H3,(H,3,4,5,6). The molecule has 12 heterocycles. The van der Waals surface area contributed by atoms with Gasteiger partial charge in [0.2, 0.25) is 0 Å². The van der Waals surface area contributed by atoms with Crippen LogP contribution in [0.5, 0.6) is 0 Å². The van der Waals surface area contributed by atoms with Crippen molar-refractivity contribution in [3.63, 3.8) is 0 Å². The Morgan fingerprint density at radius 1 is 0.542 bits per heavy atom. The third-order valence-corrected chi connectivity index (χ3v) is 9.88. The predicted octanol–water partition coefficient (Wildman–Crippen LogP) is 8.65. The van der Waals surface area contributed by atoms with Gasteiger partial charge in [0, 0.05) is 80.5 Å². The molecule has 30 heteroatoms. The SMILES string of the molecule is Cc1ccc[nH]1.Cc1ccn[nH]1.Cc1cn[nH]n1.Cc1cnc[nH]1.Cc1cncs1.Cc1cnns1.Cc1cnsn1.Cc1cscn1.Cc1csnn1.Cc1ncc[nH]1.Cc1ncn[nH]1.Cc1nn[nH]n1. The molecule has 0 aliphatic carbocycles. The zero-order chi connectivity index (χ0) is 52.9. The summed E-state index contributed by atoms with van der Waals surface area (Å²) in [6, 6.07) is 5.93. The Hall–Kier alpha value is -7.80. The molecule has 0 saturated carbocycles. The number of rotatable bonds is 0. The van der Waals surface area contributed by atoms with Gasteiger partial charge in [-0.3, -0.25) is 20.2 Å². The molecule has 0 unspecified atom stereocenters. The van der Waals surface area contributed by atoms with Crippen molar-refractivity contribution in [2.45, 2.75) is 83.1 Å². The molecular weight excluding hydrogens is 1010 g/mol. The molecule has 0 bridgehead atoms. The highest BCUT2D eigenvalue weighted by molar-refractivity contribution is 7.09. The van der Waals surface area contributed by atoms with Crippen molar-refractivity contribution in [2.75, 3.05) is 0 Å². The number of aryl methyl sites for hydroxylation is 12. The molecule has 7 N–H and O–H groups in total. The predicted molar refractivity (Wildman–Crippen MR) is 284 cm³/mol. The Balaban J connectivity index is 0.000000393. The smallest absolute Gasteiger partial charge is 0.171 e. The number of hydrogen-bond donors (Lipinski definition) is 7. The number of nitrogens with one attached hydrogen (secondary N) is 7. The van der Waals surface area contributed by atoms with Crippen molar-refractivity contribution < 1.29 is 0 Å². The van der Waals surface area contributed by atoms with Gasteiger partial charge in [0.15, 0.2) is 5.82 Å². The number of aromatic nitrogens is 25. The summed E-state index contributed by atoms with van der Waals surface area (Å²) in [5.41, 5.74) is 11.1. The van der Waals surface area contributed by atoms with E-state index in [1.807, 2.05) is 129 Å². The molecule has 0 aliphatic rings. The van der Waals surface area contributed by atoms with Crippen LogP contribution in [0.2, 0.25) is 0 Å². The second-order valence-corrected chi connectivity index (χ2v) is 17.5. The second-order valence-electron chi connectivity index (χ2n) is 13.5. The van der Waals surface area contributed by atoms with Crippen LogP contribution < -0.4 is 0 Å². The Kier molecular flexibility index (Phi) is 36.4. The number of nitrogens with zero attached hydrogens (tertiary/aromatic N) is 18. The fourth-order valence-corrected chi connectivity index (χ4v) is 5.46. The quantitative estimate of drug-likeness (QED) is 0.0746. The highest BCUT2D eigenvalue weighted by Crippen LogP contribution is 2.00. The van der Waals surface area contributed by atoms with E-state index in [1.54, 1.807) is 79.3 Å². The van der Waals surface area contributed by atoms with Crippen LogP contribution in [0.3, 0.4) is 0 Å². The van der Waals surface area contributed by atoms with Crippen LogP contribution in [-0.2, 0) is 0 Å². The first kappa shape index (κ1) is 62.2. The largest absolute Gasteiger partial charge is 0.365 e. The minimum atomic E-state index is 0.676. The number of H-pyrrole nitrogens is 7. The second kappa shape index (κ2) is 42.1. The fourth-order valence-electron chi connectivity index (χ4n) is 3.34. The highest BCUT2D eigenvalue weighted by atomic mass is 32.1. The van der Waals surface area contributed by atoms with Crippen LogP contribution in [0.1, 0.15) is 67.1 Å². The summed E-state index contributed by atoms with van der Waals surface area (Å²) in [7, 11) is 0. The van der Waals surface area contributed by atoms with Crippen molar-refractivity contribution in [1.82, 2.24) is 124 Å². The van der Waals surface area contributed by atoms with Crippen LogP contribution in [-0.4, -0.2) is 124 Å². The van der Waals surface area contributed by atoms with Gasteiger partial charge in [-0.1, -0.05) is 14.2 Å². The summed E-state index contributed by atoms with van der Waals surface area (Å²) in [5.74, 6) is 2.50. The molecule has 0 aromatic carbocycles. The zero-order valence-corrected chi connectivity index (χ0v) is 46.1. The van der Waals surface area contributed by atoms with Gasteiger partial charge in [-0.2, -0.15) is 39.6 Å². The number of tetrazole rings is 1. The van der Waals surface area contributed by atoms with E-state index in [2.05, 4.69) is 124 Å². The van der Waals surface area contributed by atoms with Gasteiger partial charge in [-0.05, 0) is 124 Å². The van der Waals surface area contributed by atoms with Gasteiger partial charge in [0.1, 0.15) is 18.0 Å². The fraction of sp³-hybridized carbons (Fsp3) is 0.286. The highest BCUT2D eigenvalue weighted by Gasteiger charge is 1.82. The molecule has 0 atom stereocenters. The summed E-state index contributed by atoms with van der Waals surface area (Å²) < 4.78 is 14.8. The minimum absolute atomic E-state index is 0.676. The summed E-state index contributed by atoms with van der Waals surface area (Å²) in [5, 5.41) is 46.3. The van der Waals surface area contributed by atoms with Crippen LogP contribution in [0.4, 0.5) is 0 Å². The van der Waals surface area contributed by atoms with Crippen LogP contribution >= 0.6 is 57.5 Å². The van der Waals surface area contributed by atoms with Gasteiger partial charge < -0.3 is 15.0 Å². The third-order valence-electron chi connectivity index (χ3n) is 6.71. The van der Waals surface area contributed by atoms with Crippen LogP contribution in [0.25, 0.3) is 0 Å². The normalized spacial score (nSPS) is 8.83. The lowest BCUT2D eigenvalue weighted by Gasteiger charge is -1.70. The van der Waals surface area contributed by atoms with E-state index in [9.17, 15) is 0 Å². The molecule has 72 heavy (non-hydrogen) atoms. The van der Waals surface area contributed by atoms with Gasteiger partial charge >= 0.3 is 0 Å². The Morgan fingerprint density at radius 3 is 1.54 bits per heavy atom. The number of aromatic amines is 7. The van der Waals surface area contributed by atoms with Gasteiger partial charge in [0.25, 0.3) is 0 Å². The Labute approximate surface area is 437 Å². The van der Waals surface area contributed by atoms with E-state index in [0.717, 1.165) is 50.7 Å². The number of imidazole rings is 2. The number of thiazole rings is 2. The summed E-state index contributed by atoms with van der Waals surface area (Å²) in [6.07, 6.45) is 19.1. The average Bonchev–Trinajstić information content (AvgIpc) is 4.18. The van der Waals surface area contributed by atoms with E-state index in [4.69, 9.17) is 0 Å². The molecule has 0 saturated heterocycles. The van der Waals surface area contributed by atoms with Crippen molar-refractivity contribution >= 4 is 57.5 Å². The monoisotopic (exact) mass is 1080 g/mol. The molecule has 384 valence electrons. The van der Waals surface area contributed by atoms with E-state index < -0.39 is 0 Å². The molecule has 12 rings (SSSR count). The maximum Gasteiger partial charge on any atom is 0.171 e. The molecule has 12 aromatic rings. The third kappa shape index (κ3) is 40.1. The van der Waals surface area contributed by atoms with Crippen molar-refractivity contribution in [3.8, 4) is 0 Å². The zero-order valence-electron chi connectivity index (χ0n) is 42.0. The summed E-state index contributed by atoms with van der Waals surface area (Å²) in [6.45, 7) is 23.2. The Morgan fingerprint density at radius 2 is 1.38 bits per heavy atom. The molecule has 25 nitrogen and oxygen atoms in total. The molecule has 0 amide bonds. The molecule has 0 aliphatic heterocycles. The lowest BCUT2D eigenvalue weighted by atomic mass is 10.5. The minimum Gasteiger partial charge on any atom is -0.365 e. The summed E-state index contributed by atoms with van der Waals surface area (Å²) in [4.78, 5) is 30.4. The van der Waals surface area contributed by atoms with Gasteiger partial charge in [-0.25, -0.2) is 15.0 Å². The molecule has 0 radical (unpaired) electrons. The van der Waals surface area contributed by atoms with Crippen LogP contribution in [0.15, 0.2) is 108 Å². The maximum atomic E-state index is 3.94. The topological polar surface area (TPSA) is 343 Å². The van der Waals surface area contributed by atoms with E-state index in [0.29, 0.717) is 5.82 Å². The first-order chi connectivity index (χ1) is 34.7. The van der Waals surface area contributed by atoms with Crippen molar-refractivity contribution in [2.24, 2.45) is 0 Å². The molecular formula is C42H61N25S5. The number of hydrogen-bond acceptors (Lipinski definition) is 23.